The zero-order valence-corrected chi connectivity index (χ0v) is 18.5. The number of rotatable bonds is 10. The van der Waals surface area contributed by atoms with Gasteiger partial charge in [-0.3, -0.25) is 0 Å². The molecule has 0 unspecified atom stereocenters. The number of nitrogens with zero attached hydrogens (tertiary/aromatic N) is 4. The van der Waals surface area contributed by atoms with Gasteiger partial charge in [0.15, 0.2) is 11.5 Å². The SMILES string of the molecule is COc1cc(CNCCSc2nnnn2C)c(Br)cc1OCc1ccc(F)cc1. The third-order valence-electron chi connectivity index (χ3n) is 4.05. The van der Waals surface area contributed by atoms with E-state index in [0.717, 1.165) is 33.1 Å². The molecule has 1 aromatic heterocycles. The van der Waals surface area contributed by atoms with Crippen LogP contribution >= 0.6 is 27.7 Å². The Morgan fingerprint density at radius 3 is 2.69 bits per heavy atom. The number of aromatic nitrogens is 4. The van der Waals surface area contributed by atoms with Gasteiger partial charge in [0.2, 0.25) is 5.16 Å². The number of hydrogen-bond donors (Lipinski definition) is 1. The summed E-state index contributed by atoms with van der Waals surface area (Å²) in [6.07, 6.45) is 0. The predicted octanol–water partition coefficient (Wildman–Crippen LogP) is 3.58. The van der Waals surface area contributed by atoms with Crippen LogP contribution in [0, 0.1) is 5.82 Å². The van der Waals surface area contributed by atoms with Gasteiger partial charge in [-0.25, -0.2) is 9.07 Å². The third-order valence-corrected chi connectivity index (χ3v) is 5.80. The number of benzene rings is 2. The van der Waals surface area contributed by atoms with Crippen LogP contribution in [0.2, 0.25) is 0 Å². The van der Waals surface area contributed by atoms with Crippen LogP contribution in [0.25, 0.3) is 0 Å². The summed E-state index contributed by atoms with van der Waals surface area (Å²) in [5.74, 6) is 1.85. The van der Waals surface area contributed by atoms with Crippen LogP contribution in [-0.4, -0.2) is 39.6 Å². The first-order valence-corrected chi connectivity index (χ1v) is 10.6. The largest absolute Gasteiger partial charge is 0.493 e. The molecule has 0 fully saturated rings. The lowest BCUT2D eigenvalue weighted by molar-refractivity contribution is 0.284. The maximum absolute atomic E-state index is 13.0. The van der Waals surface area contributed by atoms with Crippen molar-refractivity contribution in [3.8, 4) is 11.5 Å². The van der Waals surface area contributed by atoms with Crippen LogP contribution in [0.5, 0.6) is 11.5 Å². The average molecular weight is 482 g/mol. The number of tetrazole rings is 1. The molecule has 0 bridgehead atoms. The molecule has 0 saturated heterocycles. The van der Waals surface area contributed by atoms with Crippen molar-refractivity contribution < 1.29 is 13.9 Å². The van der Waals surface area contributed by atoms with Crippen molar-refractivity contribution in [3.05, 3.63) is 57.8 Å². The van der Waals surface area contributed by atoms with Gasteiger partial charge in [0.1, 0.15) is 12.4 Å². The Hall–Kier alpha value is -2.17. The van der Waals surface area contributed by atoms with Crippen molar-refractivity contribution >= 4 is 27.7 Å². The molecule has 10 heteroatoms. The van der Waals surface area contributed by atoms with E-state index in [1.807, 2.05) is 19.2 Å². The first-order chi connectivity index (χ1) is 14.1. The highest BCUT2D eigenvalue weighted by Crippen LogP contribution is 2.34. The minimum atomic E-state index is -0.266. The van der Waals surface area contributed by atoms with Gasteiger partial charge in [-0.2, -0.15) is 0 Å². The average Bonchev–Trinajstić information content (AvgIpc) is 3.13. The number of methoxy groups -OCH3 is 1. The van der Waals surface area contributed by atoms with Crippen molar-refractivity contribution in [1.82, 2.24) is 25.5 Å². The Kier molecular flexibility index (Phi) is 7.84. The topological polar surface area (TPSA) is 74.1 Å². The molecular weight excluding hydrogens is 461 g/mol. The van der Waals surface area contributed by atoms with E-state index in [1.165, 1.54) is 12.1 Å². The molecule has 7 nitrogen and oxygen atoms in total. The Morgan fingerprint density at radius 1 is 1.21 bits per heavy atom. The fraction of sp³-hybridized carbons (Fsp3) is 0.316. The third kappa shape index (κ3) is 6.15. The normalized spacial score (nSPS) is 10.9. The highest BCUT2D eigenvalue weighted by Gasteiger charge is 2.11. The maximum atomic E-state index is 13.0. The van der Waals surface area contributed by atoms with E-state index in [1.54, 1.807) is 35.7 Å². The van der Waals surface area contributed by atoms with Gasteiger partial charge in [-0.05, 0) is 45.8 Å². The molecule has 29 heavy (non-hydrogen) atoms. The summed E-state index contributed by atoms with van der Waals surface area (Å²) in [6, 6.07) is 10.1. The summed E-state index contributed by atoms with van der Waals surface area (Å²) in [7, 11) is 3.43. The highest BCUT2D eigenvalue weighted by molar-refractivity contribution is 9.10. The molecule has 1 heterocycles. The van der Waals surface area contributed by atoms with Gasteiger partial charge in [0, 0.05) is 30.4 Å². The molecule has 1 N–H and O–H groups in total. The van der Waals surface area contributed by atoms with Crippen molar-refractivity contribution in [3.63, 3.8) is 0 Å². The molecule has 0 aliphatic rings. The highest BCUT2D eigenvalue weighted by atomic mass is 79.9. The van der Waals surface area contributed by atoms with Crippen LogP contribution in [0.3, 0.4) is 0 Å². The zero-order chi connectivity index (χ0) is 20.6. The van der Waals surface area contributed by atoms with E-state index < -0.39 is 0 Å². The number of halogens is 2. The lowest BCUT2D eigenvalue weighted by Gasteiger charge is -2.14. The Balaban J connectivity index is 1.53. The number of hydrogen-bond acceptors (Lipinski definition) is 7. The quantitative estimate of drug-likeness (QED) is 0.350. The van der Waals surface area contributed by atoms with Gasteiger partial charge in [0.25, 0.3) is 0 Å². The van der Waals surface area contributed by atoms with Crippen molar-refractivity contribution in [2.75, 3.05) is 19.4 Å². The van der Waals surface area contributed by atoms with E-state index in [2.05, 4.69) is 36.8 Å². The van der Waals surface area contributed by atoms with Crippen molar-refractivity contribution in [2.45, 2.75) is 18.3 Å². The molecule has 0 saturated carbocycles. The van der Waals surface area contributed by atoms with Gasteiger partial charge < -0.3 is 14.8 Å². The zero-order valence-electron chi connectivity index (χ0n) is 16.1. The summed E-state index contributed by atoms with van der Waals surface area (Å²) in [5, 5.41) is 15.6. The van der Waals surface area contributed by atoms with E-state index in [0.29, 0.717) is 24.7 Å². The molecule has 2 aromatic carbocycles. The second kappa shape index (κ2) is 10.6. The molecule has 3 aromatic rings. The summed E-state index contributed by atoms with van der Waals surface area (Å²) in [4.78, 5) is 0. The molecular formula is C19H21BrFN5O2S. The molecule has 0 amide bonds. The second-order valence-electron chi connectivity index (χ2n) is 6.12. The van der Waals surface area contributed by atoms with Crippen molar-refractivity contribution in [2.24, 2.45) is 7.05 Å². The number of ether oxygens (including phenoxy) is 2. The smallest absolute Gasteiger partial charge is 0.209 e. The minimum Gasteiger partial charge on any atom is -0.493 e. The van der Waals surface area contributed by atoms with Crippen LogP contribution < -0.4 is 14.8 Å². The van der Waals surface area contributed by atoms with Crippen LogP contribution in [0.1, 0.15) is 11.1 Å². The lowest BCUT2D eigenvalue weighted by atomic mass is 10.2. The second-order valence-corrected chi connectivity index (χ2v) is 8.04. The van der Waals surface area contributed by atoms with Crippen LogP contribution in [0.4, 0.5) is 4.39 Å². The first-order valence-electron chi connectivity index (χ1n) is 8.86. The molecule has 0 radical (unpaired) electrons. The van der Waals surface area contributed by atoms with E-state index in [-0.39, 0.29) is 5.82 Å². The van der Waals surface area contributed by atoms with Crippen molar-refractivity contribution in [1.29, 1.82) is 0 Å². The van der Waals surface area contributed by atoms with E-state index in [9.17, 15) is 4.39 Å². The monoisotopic (exact) mass is 481 g/mol. The minimum absolute atomic E-state index is 0.266. The standard InChI is InChI=1S/C19H21BrFN5O2S/c1-26-19(23-24-25-26)29-8-7-22-11-14-9-17(27-2)18(10-16(14)20)28-12-13-3-5-15(21)6-4-13/h3-6,9-10,22H,7-8,11-12H2,1-2H3. The van der Waals surface area contributed by atoms with Crippen LogP contribution in [-0.2, 0) is 20.2 Å². The molecule has 0 atom stereocenters. The molecule has 0 aliphatic carbocycles. The number of nitrogens with one attached hydrogen (secondary N) is 1. The van der Waals surface area contributed by atoms with E-state index >= 15 is 0 Å². The Morgan fingerprint density at radius 2 is 2.00 bits per heavy atom. The van der Waals surface area contributed by atoms with Gasteiger partial charge in [-0.1, -0.05) is 39.8 Å². The molecule has 154 valence electrons. The maximum Gasteiger partial charge on any atom is 0.209 e. The van der Waals surface area contributed by atoms with Gasteiger partial charge in [-0.15, -0.1) is 5.10 Å². The van der Waals surface area contributed by atoms with Gasteiger partial charge in [0.05, 0.1) is 7.11 Å². The van der Waals surface area contributed by atoms with E-state index in [4.69, 9.17) is 9.47 Å². The Labute approximate surface area is 181 Å². The lowest BCUT2D eigenvalue weighted by Crippen LogP contribution is -2.17. The number of thioether (sulfide) groups is 1. The van der Waals surface area contributed by atoms with Gasteiger partial charge >= 0.3 is 0 Å². The summed E-state index contributed by atoms with van der Waals surface area (Å²) in [5.41, 5.74) is 1.94. The van der Waals surface area contributed by atoms with Crippen LogP contribution in [0.15, 0.2) is 46.0 Å². The molecule has 3 rings (SSSR count). The summed E-state index contributed by atoms with van der Waals surface area (Å²) < 4.78 is 26.9. The fourth-order valence-electron chi connectivity index (χ4n) is 2.51. The first kappa shape index (κ1) is 21.5. The molecule has 0 aliphatic heterocycles. The summed E-state index contributed by atoms with van der Waals surface area (Å²) in [6.45, 7) is 1.80. The predicted molar refractivity (Wildman–Crippen MR) is 113 cm³/mol. The number of aryl methyl sites for hydroxylation is 1. The Bertz CT molecular complexity index is 939. The summed E-state index contributed by atoms with van der Waals surface area (Å²) >= 11 is 5.19. The molecule has 0 spiro atoms. The fourth-order valence-corrected chi connectivity index (χ4v) is 3.72.